The fourth-order valence-corrected chi connectivity index (χ4v) is 1.18. The van der Waals surface area contributed by atoms with Gasteiger partial charge in [-0.05, 0) is 12.5 Å². The topological polar surface area (TPSA) is 111 Å². The van der Waals surface area contributed by atoms with Crippen LogP contribution < -0.4 is 10.5 Å². The van der Waals surface area contributed by atoms with Gasteiger partial charge in [-0.3, -0.25) is 10.1 Å². The first kappa shape index (κ1) is 12.8. The van der Waals surface area contributed by atoms with Crippen molar-refractivity contribution in [3.8, 4) is 5.75 Å². The summed E-state index contributed by atoms with van der Waals surface area (Å²) in [6, 6.07) is 5.93. The number of hydrogen-bond acceptors (Lipinski definition) is 5. The van der Waals surface area contributed by atoms with Crippen molar-refractivity contribution in [2.24, 2.45) is 10.9 Å². The highest BCUT2D eigenvalue weighted by molar-refractivity contribution is 5.79. The maximum atomic E-state index is 10.5. The molecule has 0 unspecified atom stereocenters. The Hall–Kier alpha value is -2.31. The number of amidine groups is 1. The Balaban J connectivity index is 2.42. The number of nitro groups is 1. The molecule has 7 heteroatoms. The van der Waals surface area contributed by atoms with Gasteiger partial charge in [0.2, 0.25) is 0 Å². The van der Waals surface area contributed by atoms with E-state index in [9.17, 15) is 10.1 Å². The van der Waals surface area contributed by atoms with Crippen LogP contribution >= 0.6 is 0 Å². The van der Waals surface area contributed by atoms with Crippen LogP contribution in [0.2, 0.25) is 0 Å². The van der Waals surface area contributed by atoms with Gasteiger partial charge in [-0.25, -0.2) is 0 Å². The van der Waals surface area contributed by atoms with E-state index in [-0.39, 0.29) is 11.5 Å². The Morgan fingerprint density at radius 1 is 1.59 bits per heavy atom. The summed E-state index contributed by atoms with van der Waals surface area (Å²) in [7, 11) is 0. The molecule has 0 heterocycles. The van der Waals surface area contributed by atoms with Crippen LogP contribution in [0.5, 0.6) is 5.75 Å². The fourth-order valence-electron chi connectivity index (χ4n) is 1.18. The first-order valence-corrected chi connectivity index (χ1v) is 4.97. The van der Waals surface area contributed by atoms with E-state index in [1.54, 1.807) is 12.1 Å². The minimum atomic E-state index is -0.483. The van der Waals surface area contributed by atoms with Gasteiger partial charge in [0.15, 0.2) is 0 Å². The predicted molar refractivity (Wildman–Crippen MR) is 61.2 cm³/mol. The third kappa shape index (κ3) is 4.37. The van der Waals surface area contributed by atoms with Crippen molar-refractivity contribution in [3.63, 3.8) is 0 Å². The van der Waals surface area contributed by atoms with E-state index in [2.05, 4.69) is 5.16 Å². The Labute approximate surface area is 97.6 Å². The summed E-state index contributed by atoms with van der Waals surface area (Å²) >= 11 is 0. The number of hydrogen-bond donors (Lipinski definition) is 2. The van der Waals surface area contributed by atoms with Crippen LogP contribution in [-0.2, 0) is 0 Å². The largest absolute Gasteiger partial charge is 0.493 e. The molecule has 0 bridgehead atoms. The van der Waals surface area contributed by atoms with Crippen molar-refractivity contribution < 1.29 is 14.9 Å². The fraction of sp³-hybridized carbons (Fsp3) is 0.300. The van der Waals surface area contributed by atoms with E-state index >= 15 is 0 Å². The minimum Gasteiger partial charge on any atom is -0.493 e. The lowest BCUT2D eigenvalue weighted by Crippen LogP contribution is -2.12. The second-order valence-corrected chi connectivity index (χ2v) is 3.30. The second kappa shape index (κ2) is 6.31. The lowest BCUT2D eigenvalue weighted by atomic mass is 10.3. The molecule has 0 aliphatic carbocycles. The Bertz CT molecular complexity index is 420. The number of nitrogens with zero attached hydrogens (tertiary/aromatic N) is 2. The van der Waals surface area contributed by atoms with Crippen LogP contribution in [0, 0.1) is 10.1 Å². The quantitative estimate of drug-likeness (QED) is 0.195. The monoisotopic (exact) mass is 239 g/mol. The summed E-state index contributed by atoms with van der Waals surface area (Å²) in [5.74, 6) is 0.561. The zero-order chi connectivity index (χ0) is 12.7. The average Bonchev–Trinajstić information content (AvgIpc) is 2.34. The molecule has 3 N–H and O–H groups in total. The van der Waals surface area contributed by atoms with Crippen LogP contribution in [0.15, 0.2) is 29.4 Å². The molecular weight excluding hydrogens is 226 g/mol. The molecule has 1 aromatic carbocycles. The van der Waals surface area contributed by atoms with Crippen molar-refractivity contribution >= 4 is 11.5 Å². The van der Waals surface area contributed by atoms with Gasteiger partial charge in [-0.1, -0.05) is 11.2 Å². The first-order chi connectivity index (χ1) is 8.13. The summed E-state index contributed by atoms with van der Waals surface area (Å²) in [5, 5.41) is 21.6. The molecule has 0 aliphatic heterocycles. The minimum absolute atomic E-state index is 0.0149. The first-order valence-electron chi connectivity index (χ1n) is 4.97. The number of benzene rings is 1. The summed E-state index contributed by atoms with van der Waals surface area (Å²) in [5.41, 5.74) is 5.26. The lowest BCUT2D eigenvalue weighted by molar-refractivity contribution is -0.384. The lowest BCUT2D eigenvalue weighted by Gasteiger charge is -2.05. The van der Waals surface area contributed by atoms with E-state index in [1.165, 1.54) is 12.1 Å². The van der Waals surface area contributed by atoms with Gasteiger partial charge in [0, 0.05) is 12.5 Å². The number of rotatable bonds is 6. The molecule has 0 aromatic heterocycles. The maximum Gasteiger partial charge on any atom is 0.273 e. The van der Waals surface area contributed by atoms with Gasteiger partial charge < -0.3 is 15.7 Å². The van der Waals surface area contributed by atoms with Gasteiger partial charge in [0.1, 0.15) is 11.6 Å². The third-order valence-electron chi connectivity index (χ3n) is 2.00. The van der Waals surface area contributed by atoms with Gasteiger partial charge in [0.25, 0.3) is 5.69 Å². The standard InChI is InChI=1S/C10H13N3O4/c11-10(12-14)5-2-6-17-9-4-1-3-8(7-9)13(15)16/h1,3-4,7,14H,2,5-6H2,(H2,11,12). The molecular formula is C10H13N3O4. The second-order valence-electron chi connectivity index (χ2n) is 3.30. The van der Waals surface area contributed by atoms with Crippen molar-refractivity contribution in [1.29, 1.82) is 0 Å². The number of nitrogens with two attached hydrogens (primary N) is 1. The summed E-state index contributed by atoms with van der Waals surface area (Å²) in [6.45, 7) is 0.345. The molecule has 1 aromatic rings. The molecule has 17 heavy (non-hydrogen) atoms. The predicted octanol–water partition coefficient (Wildman–Crippen LogP) is 1.50. The number of oxime groups is 1. The van der Waals surface area contributed by atoms with Gasteiger partial charge in [-0.2, -0.15) is 0 Å². The van der Waals surface area contributed by atoms with Crippen LogP contribution in [-0.4, -0.2) is 22.6 Å². The summed E-state index contributed by atoms with van der Waals surface area (Å²) in [6.07, 6.45) is 0.976. The molecule has 0 aliphatic rings. The number of nitro benzene ring substituents is 1. The van der Waals surface area contributed by atoms with Crippen molar-refractivity contribution in [1.82, 2.24) is 0 Å². The van der Waals surface area contributed by atoms with E-state index < -0.39 is 4.92 Å². The average molecular weight is 239 g/mol. The van der Waals surface area contributed by atoms with Crippen LogP contribution in [0.1, 0.15) is 12.8 Å². The van der Waals surface area contributed by atoms with Gasteiger partial charge >= 0.3 is 0 Å². The van der Waals surface area contributed by atoms with E-state index in [0.29, 0.717) is 25.2 Å². The zero-order valence-corrected chi connectivity index (χ0v) is 9.07. The van der Waals surface area contributed by atoms with Crippen molar-refractivity contribution in [3.05, 3.63) is 34.4 Å². The summed E-state index contributed by atoms with van der Waals surface area (Å²) < 4.78 is 5.30. The summed E-state index contributed by atoms with van der Waals surface area (Å²) in [4.78, 5) is 10.0. The van der Waals surface area contributed by atoms with Gasteiger partial charge in [0.05, 0.1) is 17.6 Å². The highest BCUT2D eigenvalue weighted by atomic mass is 16.6. The molecule has 0 saturated heterocycles. The molecule has 1 rings (SSSR count). The normalized spacial score (nSPS) is 11.2. The van der Waals surface area contributed by atoms with Crippen LogP contribution in [0.3, 0.4) is 0 Å². The van der Waals surface area contributed by atoms with Crippen LogP contribution in [0.25, 0.3) is 0 Å². The SMILES string of the molecule is N/C(CCCOc1cccc([N+](=O)[O-])c1)=N\O. The Morgan fingerprint density at radius 3 is 3.00 bits per heavy atom. The molecule has 0 atom stereocenters. The highest BCUT2D eigenvalue weighted by Gasteiger charge is 2.05. The molecule has 0 saturated carbocycles. The highest BCUT2D eigenvalue weighted by Crippen LogP contribution is 2.19. The van der Waals surface area contributed by atoms with E-state index in [4.69, 9.17) is 15.7 Å². The molecule has 0 spiro atoms. The van der Waals surface area contributed by atoms with E-state index in [0.717, 1.165) is 0 Å². The molecule has 92 valence electrons. The van der Waals surface area contributed by atoms with E-state index in [1.807, 2.05) is 0 Å². The van der Waals surface area contributed by atoms with Gasteiger partial charge in [-0.15, -0.1) is 0 Å². The Kier molecular flexibility index (Phi) is 4.74. The molecule has 0 fully saturated rings. The van der Waals surface area contributed by atoms with Crippen molar-refractivity contribution in [2.75, 3.05) is 6.61 Å². The smallest absolute Gasteiger partial charge is 0.273 e. The number of ether oxygens (including phenoxy) is 1. The molecule has 7 nitrogen and oxygen atoms in total. The zero-order valence-electron chi connectivity index (χ0n) is 9.07. The molecule has 0 amide bonds. The molecule has 0 radical (unpaired) electrons. The van der Waals surface area contributed by atoms with Crippen molar-refractivity contribution in [2.45, 2.75) is 12.8 Å². The maximum absolute atomic E-state index is 10.5. The van der Waals surface area contributed by atoms with Crippen LogP contribution in [0.4, 0.5) is 5.69 Å². The third-order valence-corrected chi connectivity index (χ3v) is 2.00. The number of non-ortho nitro benzene ring substituents is 1. The Morgan fingerprint density at radius 2 is 2.35 bits per heavy atom.